The maximum absolute atomic E-state index is 11.8. The molecule has 2 aromatic heterocycles. The van der Waals surface area contributed by atoms with E-state index in [1.165, 1.54) is 0 Å². The van der Waals surface area contributed by atoms with Gasteiger partial charge in [0.2, 0.25) is 0 Å². The van der Waals surface area contributed by atoms with Crippen molar-refractivity contribution < 1.29 is 9.53 Å². The highest BCUT2D eigenvalue weighted by atomic mass is 16.6. The summed E-state index contributed by atoms with van der Waals surface area (Å²) in [6.07, 6.45) is 4.71. The van der Waals surface area contributed by atoms with Crippen LogP contribution in [-0.2, 0) is 17.8 Å². The second-order valence-electron chi connectivity index (χ2n) is 5.86. The van der Waals surface area contributed by atoms with Crippen LogP contribution in [-0.4, -0.2) is 26.9 Å². The van der Waals surface area contributed by atoms with Gasteiger partial charge in [-0.25, -0.2) is 4.79 Å². The first-order valence-corrected chi connectivity index (χ1v) is 7.06. The van der Waals surface area contributed by atoms with Crippen molar-refractivity contribution in [3.8, 4) is 0 Å². The van der Waals surface area contributed by atoms with E-state index in [2.05, 4.69) is 25.8 Å². The third-order valence-electron chi connectivity index (χ3n) is 2.71. The van der Waals surface area contributed by atoms with Crippen molar-refractivity contribution in [1.29, 1.82) is 0 Å². The number of pyridine rings is 1. The van der Waals surface area contributed by atoms with Crippen LogP contribution in [0, 0.1) is 0 Å². The Morgan fingerprint density at radius 1 is 1.32 bits per heavy atom. The molecule has 22 heavy (non-hydrogen) atoms. The smallest absolute Gasteiger partial charge is 0.413 e. The molecule has 0 aliphatic carbocycles. The van der Waals surface area contributed by atoms with Crippen molar-refractivity contribution in [2.24, 2.45) is 0 Å². The van der Waals surface area contributed by atoms with E-state index in [0.717, 1.165) is 11.1 Å². The fraction of sp³-hybridized carbons (Fsp3) is 0.400. The number of H-pyrrole nitrogens is 1. The molecule has 0 saturated heterocycles. The molecule has 2 aromatic rings. The minimum absolute atomic E-state index is 0.509. The molecule has 0 bridgehead atoms. The van der Waals surface area contributed by atoms with Gasteiger partial charge in [-0.15, -0.1) is 0 Å². The molecular formula is C15H21N5O2. The van der Waals surface area contributed by atoms with Crippen molar-refractivity contribution in [3.63, 3.8) is 0 Å². The van der Waals surface area contributed by atoms with Crippen LogP contribution < -0.4 is 10.6 Å². The third kappa shape index (κ3) is 5.17. The standard InChI is InChI=1S/C15H21N5O2/c1-15(2,3)22-14(21)19-13-12(10-18-20-13)9-17-8-11-5-4-6-16-7-11/h4-7,10,17H,8-9H2,1-3H3,(H2,18,19,20,21). The van der Waals surface area contributed by atoms with Crippen molar-refractivity contribution >= 4 is 11.9 Å². The summed E-state index contributed by atoms with van der Waals surface area (Å²) in [5.74, 6) is 0.535. The highest BCUT2D eigenvalue weighted by Gasteiger charge is 2.17. The number of rotatable bonds is 5. The molecule has 3 N–H and O–H groups in total. The number of aromatic amines is 1. The minimum atomic E-state index is -0.539. The molecule has 2 rings (SSSR count). The van der Waals surface area contributed by atoms with E-state index in [1.54, 1.807) is 12.4 Å². The van der Waals surface area contributed by atoms with E-state index in [1.807, 2.05) is 39.1 Å². The summed E-state index contributed by atoms with van der Waals surface area (Å²) in [4.78, 5) is 15.8. The second kappa shape index (κ2) is 7.04. The number of carbonyl (C=O) groups is 1. The third-order valence-corrected chi connectivity index (χ3v) is 2.71. The largest absolute Gasteiger partial charge is 0.444 e. The Bertz CT molecular complexity index is 604. The quantitative estimate of drug-likeness (QED) is 0.789. The van der Waals surface area contributed by atoms with Gasteiger partial charge in [0, 0.05) is 31.0 Å². The second-order valence-corrected chi connectivity index (χ2v) is 5.86. The van der Waals surface area contributed by atoms with Crippen LogP contribution in [0.2, 0.25) is 0 Å². The predicted octanol–water partition coefficient (Wildman–Crippen LogP) is 2.44. The molecule has 1 amide bonds. The molecule has 7 heteroatoms. The van der Waals surface area contributed by atoms with Gasteiger partial charge in [0.15, 0.2) is 0 Å². The average molecular weight is 303 g/mol. The Hall–Kier alpha value is -2.41. The SMILES string of the molecule is CC(C)(C)OC(=O)Nc1[nH]ncc1CNCc1cccnc1. The summed E-state index contributed by atoms with van der Waals surface area (Å²) in [5.41, 5.74) is 1.41. The zero-order chi connectivity index (χ0) is 16.0. The topological polar surface area (TPSA) is 91.9 Å². The van der Waals surface area contributed by atoms with Crippen molar-refractivity contribution in [3.05, 3.63) is 41.9 Å². The fourth-order valence-corrected chi connectivity index (χ4v) is 1.80. The predicted molar refractivity (Wildman–Crippen MR) is 83.2 cm³/mol. The molecule has 118 valence electrons. The number of carbonyl (C=O) groups excluding carboxylic acids is 1. The van der Waals surface area contributed by atoms with E-state index < -0.39 is 11.7 Å². The van der Waals surface area contributed by atoms with E-state index in [9.17, 15) is 4.79 Å². The van der Waals surface area contributed by atoms with E-state index >= 15 is 0 Å². The Balaban J connectivity index is 1.86. The van der Waals surface area contributed by atoms with Crippen molar-refractivity contribution in [2.45, 2.75) is 39.5 Å². The summed E-state index contributed by atoms with van der Waals surface area (Å²) >= 11 is 0. The Morgan fingerprint density at radius 2 is 2.14 bits per heavy atom. The number of hydrogen-bond acceptors (Lipinski definition) is 5. The first-order chi connectivity index (χ1) is 10.4. The lowest BCUT2D eigenvalue weighted by Crippen LogP contribution is -2.27. The Kier molecular flexibility index (Phi) is 5.11. The Morgan fingerprint density at radius 3 is 2.82 bits per heavy atom. The molecule has 2 heterocycles. The van der Waals surface area contributed by atoms with Crippen LogP contribution in [0.3, 0.4) is 0 Å². The first kappa shape index (κ1) is 16.0. The highest BCUT2D eigenvalue weighted by molar-refractivity contribution is 5.84. The monoisotopic (exact) mass is 303 g/mol. The fourth-order valence-electron chi connectivity index (χ4n) is 1.80. The number of anilines is 1. The zero-order valence-electron chi connectivity index (χ0n) is 13.0. The molecule has 0 spiro atoms. The zero-order valence-corrected chi connectivity index (χ0v) is 13.0. The number of ether oxygens (including phenoxy) is 1. The van der Waals surface area contributed by atoms with Crippen LogP contribution in [0.5, 0.6) is 0 Å². The molecule has 0 aliphatic rings. The summed E-state index contributed by atoms with van der Waals surface area (Å²) in [5, 5.41) is 12.6. The molecular weight excluding hydrogens is 282 g/mol. The lowest BCUT2D eigenvalue weighted by molar-refractivity contribution is 0.0635. The molecule has 0 saturated carbocycles. The Labute approximate surface area is 129 Å². The van der Waals surface area contributed by atoms with Gasteiger partial charge < -0.3 is 10.1 Å². The van der Waals surface area contributed by atoms with E-state index in [-0.39, 0.29) is 0 Å². The van der Waals surface area contributed by atoms with Crippen LogP contribution in [0.15, 0.2) is 30.7 Å². The lowest BCUT2D eigenvalue weighted by atomic mass is 10.2. The number of hydrogen-bond donors (Lipinski definition) is 3. The molecule has 0 atom stereocenters. The molecule has 0 aromatic carbocycles. The summed E-state index contributed by atoms with van der Waals surface area (Å²) in [7, 11) is 0. The van der Waals surface area contributed by atoms with Gasteiger partial charge in [-0.3, -0.25) is 15.4 Å². The lowest BCUT2D eigenvalue weighted by Gasteiger charge is -2.19. The minimum Gasteiger partial charge on any atom is -0.444 e. The van der Waals surface area contributed by atoms with Gasteiger partial charge in [-0.2, -0.15) is 5.10 Å². The van der Waals surface area contributed by atoms with Crippen LogP contribution in [0.1, 0.15) is 31.9 Å². The van der Waals surface area contributed by atoms with E-state index in [0.29, 0.717) is 18.9 Å². The average Bonchev–Trinajstić information content (AvgIpc) is 2.85. The summed E-state index contributed by atoms with van der Waals surface area (Å²) in [6, 6.07) is 3.89. The molecule has 0 radical (unpaired) electrons. The van der Waals surface area contributed by atoms with Gasteiger partial charge in [-0.1, -0.05) is 6.07 Å². The van der Waals surface area contributed by atoms with E-state index in [4.69, 9.17) is 4.74 Å². The first-order valence-electron chi connectivity index (χ1n) is 7.06. The van der Waals surface area contributed by atoms with Crippen molar-refractivity contribution in [1.82, 2.24) is 20.5 Å². The molecule has 0 aliphatic heterocycles. The van der Waals surface area contributed by atoms with Gasteiger partial charge in [0.25, 0.3) is 0 Å². The van der Waals surface area contributed by atoms with Crippen LogP contribution in [0.25, 0.3) is 0 Å². The molecule has 0 fully saturated rings. The highest BCUT2D eigenvalue weighted by Crippen LogP contribution is 2.13. The van der Waals surface area contributed by atoms with Gasteiger partial charge >= 0.3 is 6.09 Å². The van der Waals surface area contributed by atoms with Gasteiger partial charge in [0.05, 0.1) is 6.20 Å². The normalized spacial score (nSPS) is 11.2. The van der Waals surface area contributed by atoms with Gasteiger partial charge in [-0.05, 0) is 32.4 Å². The van der Waals surface area contributed by atoms with Gasteiger partial charge in [0.1, 0.15) is 11.4 Å². The number of aromatic nitrogens is 3. The number of nitrogens with one attached hydrogen (secondary N) is 3. The molecule has 0 unspecified atom stereocenters. The molecule has 7 nitrogen and oxygen atoms in total. The van der Waals surface area contributed by atoms with Crippen molar-refractivity contribution in [2.75, 3.05) is 5.32 Å². The maximum Gasteiger partial charge on any atom is 0.413 e. The van der Waals surface area contributed by atoms with Crippen LogP contribution >= 0.6 is 0 Å². The summed E-state index contributed by atoms with van der Waals surface area (Å²) < 4.78 is 5.21. The summed E-state index contributed by atoms with van der Waals surface area (Å²) in [6.45, 7) is 6.70. The number of amides is 1. The van der Waals surface area contributed by atoms with Crippen LogP contribution in [0.4, 0.5) is 10.6 Å². The maximum atomic E-state index is 11.8. The number of nitrogens with zero attached hydrogens (tertiary/aromatic N) is 2.